The van der Waals surface area contributed by atoms with Gasteiger partial charge in [0.25, 0.3) is 0 Å². The summed E-state index contributed by atoms with van der Waals surface area (Å²) in [5, 5.41) is 5.82. The van der Waals surface area contributed by atoms with E-state index in [0.717, 1.165) is 54.7 Å². The molecule has 9 aromatic rings. The number of rotatable bonds is 3. The quantitative estimate of drug-likeness (QED) is 0.218. The van der Waals surface area contributed by atoms with Crippen LogP contribution in [0.3, 0.4) is 0 Å². The van der Waals surface area contributed by atoms with Crippen LogP contribution in [0.5, 0.6) is 0 Å². The highest BCUT2D eigenvalue weighted by Gasteiger charge is 2.18. The molecule has 0 saturated heterocycles. The van der Waals surface area contributed by atoms with Gasteiger partial charge in [0, 0.05) is 54.6 Å². The van der Waals surface area contributed by atoms with Crippen molar-refractivity contribution in [3.63, 3.8) is 0 Å². The average Bonchev–Trinajstić information content (AvgIpc) is 3.60. The largest absolute Gasteiger partial charge is 0.309 e. The van der Waals surface area contributed by atoms with Crippen molar-refractivity contribution in [1.29, 1.82) is 0 Å². The van der Waals surface area contributed by atoms with Crippen molar-refractivity contribution in [1.82, 2.24) is 24.5 Å². The topological polar surface area (TPSA) is 56.5 Å². The second kappa shape index (κ2) is 9.03. The maximum absolute atomic E-state index is 5.06. The van der Waals surface area contributed by atoms with Crippen LogP contribution in [0.25, 0.3) is 81.3 Å². The van der Waals surface area contributed by atoms with Gasteiger partial charge in [0.05, 0.1) is 22.2 Å². The maximum atomic E-state index is 5.06. The number of para-hydroxylation sites is 2. The lowest BCUT2D eigenvalue weighted by Crippen LogP contribution is -1.97. The third-order valence-corrected chi connectivity index (χ3v) is 9.06. The van der Waals surface area contributed by atoms with E-state index in [0.29, 0.717) is 5.82 Å². The Morgan fingerprint density at radius 1 is 0.571 bits per heavy atom. The summed E-state index contributed by atoms with van der Waals surface area (Å²) in [5.41, 5.74) is 7.35. The Balaban J connectivity index is 1.24. The molecule has 0 amide bonds. The molecule has 0 radical (unpaired) electrons. The number of fused-ring (bicyclic) bond motifs is 8. The third kappa shape index (κ3) is 3.42. The first kappa shape index (κ1) is 23.3. The molecule has 0 fully saturated rings. The molecule has 0 aliphatic carbocycles. The molecule has 0 N–H and O–H groups in total. The van der Waals surface area contributed by atoms with Gasteiger partial charge in [-0.15, -0.1) is 11.3 Å². The predicted octanol–water partition coefficient (Wildman–Crippen LogP) is 9.22. The van der Waals surface area contributed by atoms with Crippen molar-refractivity contribution in [3.8, 4) is 28.3 Å². The van der Waals surface area contributed by atoms with E-state index in [4.69, 9.17) is 9.97 Å². The smallest absolute Gasteiger partial charge is 0.160 e. The fourth-order valence-corrected chi connectivity index (χ4v) is 7.15. The monoisotopic (exact) mass is 555 g/mol. The zero-order valence-corrected chi connectivity index (χ0v) is 23.1. The first-order valence-corrected chi connectivity index (χ1v) is 14.6. The standard InChI is InChI=1S/C36H21N5S/c1-2-8-22(9-3-1)34-25-10-4-6-12-28(25)39-35(40-34)23-14-16-24(17-15-23)41-29-13-7-5-11-26(29)32-30(41)18-19-31-33(32)27-20-37-21-38-36(27)42-31/h1-21H. The van der Waals surface area contributed by atoms with Gasteiger partial charge in [-0.2, -0.15) is 0 Å². The van der Waals surface area contributed by atoms with Crippen molar-refractivity contribution < 1.29 is 0 Å². The predicted molar refractivity (Wildman–Crippen MR) is 173 cm³/mol. The summed E-state index contributed by atoms with van der Waals surface area (Å²) in [6, 6.07) is 40.2. The summed E-state index contributed by atoms with van der Waals surface area (Å²) in [4.78, 5) is 19.9. The number of aromatic nitrogens is 5. The lowest BCUT2D eigenvalue weighted by atomic mass is 10.1. The molecule has 4 aromatic heterocycles. The van der Waals surface area contributed by atoms with Gasteiger partial charge in [0.1, 0.15) is 11.2 Å². The summed E-state index contributed by atoms with van der Waals surface area (Å²) < 4.78 is 3.57. The molecule has 6 heteroatoms. The Hall–Kier alpha value is -5.46. The lowest BCUT2D eigenvalue weighted by Gasteiger charge is -2.11. The van der Waals surface area contributed by atoms with E-state index in [2.05, 4.69) is 99.5 Å². The molecule has 196 valence electrons. The van der Waals surface area contributed by atoms with Crippen LogP contribution in [0.2, 0.25) is 0 Å². The second-order valence-corrected chi connectivity index (χ2v) is 11.4. The summed E-state index contributed by atoms with van der Waals surface area (Å²) in [7, 11) is 0. The van der Waals surface area contributed by atoms with E-state index in [-0.39, 0.29) is 0 Å². The number of nitrogens with zero attached hydrogens (tertiary/aromatic N) is 5. The minimum atomic E-state index is 0.716. The number of hydrogen-bond donors (Lipinski definition) is 0. The molecule has 0 aliphatic heterocycles. The van der Waals surface area contributed by atoms with Crippen LogP contribution in [-0.4, -0.2) is 24.5 Å². The molecule has 0 bridgehead atoms. The normalized spacial score (nSPS) is 11.8. The first-order valence-electron chi connectivity index (χ1n) is 13.8. The van der Waals surface area contributed by atoms with Gasteiger partial charge < -0.3 is 4.57 Å². The molecular weight excluding hydrogens is 534 g/mol. The van der Waals surface area contributed by atoms with Crippen molar-refractivity contribution in [2.45, 2.75) is 0 Å². The Morgan fingerprint density at radius 2 is 1.36 bits per heavy atom. The van der Waals surface area contributed by atoms with Crippen LogP contribution in [0.4, 0.5) is 0 Å². The number of benzene rings is 5. The van der Waals surface area contributed by atoms with Gasteiger partial charge in [-0.05, 0) is 48.5 Å². The van der Waals surface area contributed by atoms with Crippen LogP contribution in [0, 0.1) is 0 Å². The van der Waals surface area contributed by atoms with Crippen LogP contribution < -0.4 is 0 Å². The van der Waals surface area contributed by atoms with Crippen LogP contribution in [-0.2, 0) is 0 Å². The van der Waals surface area contributed by atoms with Gasteiger partial charge in [0.2, 0.25) is 0 Å². The molecule has 5 nitrogen and oxygen atoms in total. The van der Waals surface area contributed by atoms with Crippen molar-refractivity contribution in [3.05, 3.63) is 128 Å². The van der Waals surface area contributed by atoms with E-state index in [1.165, 1.54) is 20.9 Å². The summed E-state index contributed by atoms with van der Waals surface area (Å²) in [5.74, 6) is 0.716. The zero-order chi connectivity index (χ0) is 27.6. The van der Waals surface area contributed by atoms with Crippen molar-refractivity contribution >= 4 is 64.3 Å². The minimum Gasteiger partial charge on any atom is -0.309 e. The number of thiophene rings is 1. The van der Waals surface area contributed by atoms with Gasteiger partial charge in [-0.1, -0.05) is 66.7 Å². The van der Waals surface area contributed by atoms with E-state index in [1.807, 2.05) is 36.5 Å². The summed E-state index contributed by atoms with van der Waals surface area (Å²) in [6.07, 6.45) is 3.57. The molecule has 0 aliphatic rings. The minimum absolute atomic E-state index is 0.716. The van der Waals surface area contributed by atoms with Gasteiger partial charge in [0.15, 0.2) is 5.82 Å². The highest BCUT2D eigenvalue weighted by atomic mass is 32.1. The molecular formula is C36H21N5S. The van der Waals surface area contributed by atoms with Gasteiger partial charge in [-0.25, -0.2) is 19.9 Å². The maximum Gasteiger partial charge on any atom is 0.160 e. The summed E-state index contributed by atoms with van der Waals surface area (Å²) in [6.45, 7) is 0. The number of hydrogen-bond acceptors (Lipinski definition) is 5. The van der Waals surface area contributed by atoms with E-state index in [1.54, 1.807) is 17.7 Å². The van der Waals surface area contributed by atoms with Crippen molar-refractivity contribution in [2.24, 2.45) is 0 Å². The average molecular weight is 556 g/mol. The second-order valence-electron chi connectivity index (χ2n) is 10.4. The van der Waals surface area contributed by atoms with Crippen LogP contribution in [0.15, 0.2) is 128 Å². The van der Waals surface area contributed by atoms with E-state index in [9.17, 15) is 0 Å². The highest BCUT2D eigenvalue weighted by Crippen LogP contribution is 2.42. The molecule has 4 heterocycles. The van der Waals surface area contributed by atoms with Crippen LogP contribution >= 0.6 is 11.3 Å². The molecule has 0 saturated carbocycles. The van der Waals surface area contributed by atoms with Gasteiger partial charge >= 0.3 is 0 Å². The fourth-order valence-electron chi connectivity index (χ4n) is 6.13. The third-order valence-electron chi connectivity index (χ3n) is 7.99. The molecule has 0 spiro atoms. The van der Waals surface area contributed by atoms with Crippen LogP contribution in [0.1, 0.15) is 0 Å². The fraction of sp³-hybridized carbons (Fsp3) is 0. The molecule has 0 atom stereocenters. The molecule has 42 heavy (non-hydrogen) atoms. The molecule has 9 rings (SSSR count). The Bertz CT molecular complexity index is 2460. The first-order chi connectivity index (χ1) is 20.8. The zero-order valence-electron chi connectivity index (χ0n) is 22.3. The Labute approximate surface area is 244 Å². The Kier molecular flexibility index (Phi) is 5.00. The molecule has 5 aromatic carbocycles. The Morgan fingerprint density at radius 3 is 2.24 bits per heavy atom. The highest BCUT2D eigenvalue weighted by molar-refractivity contribution is 7.25. The van der Waals surface area contributed by atoms with Gasteiger partial charge in [-0.3, -0.25) is 0 Å². The SMILES string of the molecule is c1ccc(-c2nc(-c3ccc(-n4c5ccccc5c5c6c(ccc54)sc4ncncc46)cc3)nc3ccccc23)cc1. The summed E-state index contributed by atoms with van der Waals surface area (Å²) >= 11 is 1.72. The lowest BCUT2D eigenvalue weighted by molar-refractivity contribution is 1.17. The molecule has 0 unspecified atom stereocenters. The van der Waals surface area contributed by atoms with E-state index >= 15 is 0 Å². The van der Waals surface area contributed by atoms with Crippen molar-refractivity contribution in [2.75, 3.05) is 0 Å². The van der Waals surface area contributed by atoms with E-state index < -0.39 is 0 Å².